The predicted molar refractivity (Wildman–Crippen MR) is 107 cm³/mol. The van der Waals surface area contributed by atoms with E-state index in [0.717, 1.165) is 51.3 Å². The number of unbranched alkanes of at least 4 members (excludes halogenated alkanes) is 1. The molecule has 1 aliphatic rings. The Bertz CT molecular complexity index is 560. The van der Waals surface area contributed by atoms with Gasteiger partial charge in [0.1, 0.15) is 0 Å². The van der Waals surface area contributed by atoms with Crippen LogP contribution in [0.1, 0.15) is 32.6 Å². The normalized spacial score (nSPS) is 14.6. The molecular weight excluding hydrogens is 403 g/mol. The lowest BCUT2D eigenvalue weighted by Gasteiger charge is -2.16. The van der Waals surface area contributed by atoms with E-state index in [0.29, 0.717) is 6.04 Å². The van der Waals surface area contributed by atoms with Crippen LogP contribution in [0.5, 0.6) is 0 Å². The van der Waals surface area contributed by atoms with Crippen LogP contribution in [0, 0.1) is 0 Å². The minimum Gasteiger partial charge on any atom is -0.357 e. The second-order valence-corrected chi connectivity index (χ2v) is 5.48. The zero-order chi connectivity index (χ0) is 15.6. The van der Waals surface area contributed by atoms with Crippen molar-refractivity contribution in [2.24, 2.45) is 4.99 Å². The first kappa shape index (κ1) is 19.7. The Morgan fingerprint density at radius 3 is 2.78 bits per heavy atom. The molecule has 0 unspecified atom stereocenters. The SMILES string of the molecule is CCNC(=NCCCCn1ccccc1=O)NC1CC=CC1.I. The minimum atomic E-state index is 0. The molecule has 0 amide bonds. The van der Waals surface area contributed by atoms with Gasteiger partial charge in [0.2, 0.25) is 5.56 Å². The van der Waals surface area contributed by atoms with Gasteiger partial charge in [0.25, 0.3) is 0 Å². The Morgan fingerprint density at radius 2 is 2.09 bits per heavy atom. The van der Waals surface area contributed by atoms with Crippen LogP contribution < -0.4 is 16.2 Å². The van der Waals surface area contributed by atoms with Gasteiger partial charge in [-0.25, -0.2) is 0 Å². The number of hydrogen-bond acceptors (Lipinski definition) is 2. The van der Waals surface area contributed by atoms with Crippen molar-refractivity contribution in [3.05, 3.63) is 46.9 Å². The maximum absolute atomic E-state index is 11.6. The highest BCUT2D eigenvalue weighted by Gasteiger charge is 2.11. The molecular formula is C17H27IN4O. The zero-order valence-electron chi connectivity index (χ0n) is 13.7. The summed E-state index contributed by atoms with van der Waals surface area (Å²) in [5, 5.41) is 6.74. The second-order valence-electron chi connectivity index (χ2n) is 5.48. The van der Waals surface area contributed by atoms with Crippen molar-refractivity contribution in [3.63, 3.8) is 0 Å². The van der Waals surface area contributed by atoms with E-state index < -0.39 is 0 Å². The smallest absolute Gasteiger partial charge is 0.250 e. The van der Waals surface area contributed by atoms with Crippen LogP contribution in [0.25, 0.3) is 0 Å². The Balaban J connectivity index is 0.00000264. The molecule has 6 heteroatoms. The fraction of sp³-hybridized carbons (Fsp3) is 0.529. The molecule has 0 aliphatic heterocycles. The van der Waals surface area contributed by atoms with Crippen LogP contribution in [-0.2, 0) is 6.54 Å². The fourth-order valence-corrected chi connectivity index (χ4v) is 2.48. The third-order valence-corrected chi connectivity index (χ3v) is 3.67. The van der Waals surface area contributed by atoms with Gasteiger partial charge < -0.3 is 15.2 Å². The molecule has 1 aromatic rings. The molecule has 1 aliphatic carbocycles. The summed E-state index contributed by atoms with van der Waals surface area (Å²) in [7, 11) is 0. The molecule has 0 fully saturated rings. The molecule has 1 aromatic heterocycles. The highest BCUT2D eigenvalue weighted by molar-refractivity contribution is 14.0. The van der Waals surface area contributed by atoms with E-state index in [1.807, 2.05) is 12.3 Å². The number of hydrogen-bond donors (Lipinski definition) is 2. The first-order chi connectivity index (χ1) is 10.8. The van der Waals surface area contributed by atoms with E-state index in [2.05, 4.69) is 34.7 Å². The van der Waals surface area contributed by atoms with Crippen LogP contribution in [0.2, 0.25) is 0 Å². The highest BCUT2D eigenvalue weighted by atomic mass is 127. The van der Waals surface area contributed by atoms with Crippen molar-refractivity contribution in [2.45, 2.75) is 45.2 Å². The standard InChI is InChI=1S/C17H26N4O.HI/c1-2-18-17(20-15-9-3-4-10-15)19-12-6-8-14-21-13-7-5-11-16(21)22;/h3-5,7,11,13,15H,2,6,8-10,12,14H2,1H3,(H2,18,19,20);1H. The van der Waals surface area contributed by atoms with E-state index in [-0.39, 0.29) is 29.5 Å². The lowest BCUT2D eigenvalue weighted by Crippen LogP contribution is -2.42. The maximum atomic E-state index is 11.6. The third-order valence-electron chi connectivity index (χ3n) is 3.67. The molecule has 0 bridgehead atoms. The first-order valence-electron chi connectivity index (χ1n) is 8.15. The summed E-state index contributed by atoms with van der Waals surface area (Å²) in [4.78, 5) is 16.2. The van der Waals surface area contributed by atoms with Crippen molar-refractivity contribution in [1.82, 2.24) is 15.2 Å². The van der Waals surface area contributed by atoms with Crippen molar-refractivity contribution in [2.75, 3.05) is 13.1 Å². The highest BCUT2D eigenvalue weighted by Crippen LogP contribution is 2.08. The van der Waals surface area contributed by atoms with Gasteiger partial charge in [-0.1, -0.05) is 18.2 Å². The largest absolute Gasteiger partial charge is 0.357 e. The monoisotopic (exact) mass is 430 g/mol. The molecule has 128 valence electrons. The zero-order valence-corrected chi connectivity index (χ0v) is 16.0. The fourth-order valence-electron chi connectivity index (χ4n) is 2.48. The Labute approximate surface area is 155 Å². The quantitative estimate of drug-likeness (QED) is 0.230. The van der Waals surface area contributed by atoms with Crippen LogP contribution in [0.3, 0.4) is 0 Å². The van der Waals surface area contributed by atoms with Crippen LogP contribution in [0.4, 0.5) is 0 Å². The average Bonchev–Trinajstić information content (AvgIpc) is 3.02. The molecule has 2 rings (SSSR count). The van der Waals surface area contributed by atoms with Gasteiger partial charge in [0.15, 0.2) is 5.96 Å². The van der Waals surface area contributed by atoms with E-state index in [1.54, 1.807) is 16.7 Å². The van der Waals surface area contributed by atoms with Crippen molar-refractivity contribution in [1.29, 1.82) is 0 Å². The number of aryl methyl sites for hydroxylation is 1. The number of aliphatic imine (C=N–C) groups is 1. The summed E-state index contributed by atoms with van der Waals surface area (Å²) in [6.07, 6.45) is 10.3. The van der Waals surface area contributed by atoms with Crippen LogP contribution in [-0.4, -0.2) is 29.7 Å². The minimum absolute atomic E-state index is 0. The molecule has 23 heavy (non-hydrogen) atoms. The Hall–Kier alpha value is -1.31. The molecule has 1 heterocycles. The number of guanidine groups is 1. The number of nitrogens with one attached hydrogen (secondary N) is 2. The second kappa shape index (κ2) is 11.3. The van der Waals surface area contributed by atoms with E-state index in [1.165, 1.54) is 0 Å². The molecule has 5 nitrogen and oxygen atoms in total. The maximum Gasteiger partial charge on any atom is 0.250 e. The third kappa shape index (κ3) is 7.20. The number of aromatic nitrogens is 1. The lowest BCUT2D eigenvalue weighted by atomic mass is 10.2. The lowest BCUT2D eigenvalue weighted by molar-refractivity contribution is 0.594. The van der Waals surface area contributed by atoms with E-state index >= 15 is 0 Å². The van der Waals surface area contributed by atoms with Gasteiger partial charge in [0, 0.05) is 37.9 Å². The average molecular weight is 430 g/mol. The molecule has 0 aromatic carbocycles. The van der Waals surface area contributed by atoms with Gasteiger partial charge in [-0.05, 0) is 38.7 Å². The Morgan fingerprint density at radius 1 is 1.30 bits per heavy atom. The van der Waals surface area contributed by atoms with E-state index in [9.17, 15) is 4.79 Å². The van der Waals surface area contributed by atoms with Crippen molar-refractivity contribution in [3.8, 4) is 0 Å². The predicted octanol–water partition coefficient (Wildman–Crippen LogP) is 2.52. The first-order valence-corrected chi connectivity index (χ1v) is 8.15. The number of pyridine rings is 1. The molecule has 0 spiro atoms. The van der Waals surface area contributed by atoms with E-state index in [4.69, 9.17) is 0 Å². The topological polar surface area (TPSA) is 58.4 Å². The van der Waals surface area contributed by atoms with Crippen molar-refractivity contribution < 1.29 is 0 Å². The molecule has 0 radical (unpaired) electrons. The summed E-state index contributed by atoms with van der Waals surface area (Å²) >= 11 is 0. The number of halogens is 1. The number of rotatable bonds is 7. The van der Waals surface area contributed by atoms with Crippen molar-refractivity contribution >= 4 is 29.9 Å². The van der Waals surface area contributed by atoms with Gasteiger partial charge in [-0.3, -0.25) is 9.79 Å². The Kier molecular flexibility index (Phi) is 9.66. The molecule has 2 N–H and O–H groups in total. The number of nitrogens with zero attached hydrogens (tertiary/aromatic N) is 2. The van der Waals surface area contributed by atoms with Gasteiger partial charge in [-0.2, -0.15) is 0 Å². The van der Waals surface area contributed by atoms with Crippen LogP contribution in [0.15, 0.2) is 46.3 Å². The summed E-state index contributed by atoms with van der Waals surface area (Å²) in [6, 6.07) is 5.74. The summed E-state index contributed by atoms with van der Waals surface area (Å²) < 4.78 is 1.75. The molecule has 0 saturated carbocycles. The molecule has 0 saturated heterocycles. The van der Waals surface area contributed by atoms with Crippen LogP contribution >= 0.6 is 24.0 Å². The molecule has 0 atom stereocenters. The summed E-state index contributed by atoms with van der Waals surface area (Å²) in [6.45, 7) is 4.47. The van der Waals surface area contributed by atoms with Gasteiger partial charge in [0.05, 0.1) is 0 Å². The van der Waals surface area contributed by atoms with Gasteiger partial charge in [-0.15, -0.1) is 24.0 Å². The summed E-state index contributed by atoms with van der Waals surface area (Å²) in [5.74, 6) is 0.896. The summed E-state index contributed by atoms with van der Waals surface area (Å²) in [5.41, 5.74) is 0.0646. The van der Waals surface area contributed by atoms with Gasteiger partial charge >= 0.3 is 0 Å².